The lowest BCUT2D eigenvalue weighted by atomic mass is 10.2. The second-order valence-electron chi connectivity index (χ2n) is 3.76. The first-order valence-corrected chi connectivity index (χ1v) is 4.94. The molecule has 15 heavy (non-hydrogen) atoms. The molecule has 0 aliphatic carbocycles. The van der Waals surface area contributed by atoms with Crippen LogP contribution in [0, 0.1) is 0 Å². The molecule has 1 aromatic heterocycles. The first kappa shape index (κ1) is 9.82. The topological polar surface area (TPSA) is 79.7 Å². The summed E-state index contributed by atoms with van der Waals surface area (Å²) in [6, 6.07) is 0. The number of fused-ring (bicyclic) bond motifs is 1. The van der Waals surface area contributed by atoms with Crippen LogP contribution in [-0.4, -0.2) is 34.4 Å². The molecule has 0 atom stereocenters. The van der Waals surface area contributed by atoms with Crippen LogP contribution in [0.1, 0.15) is 12.0 Å². The molecule has 0 spiro atoms. The van der Waals surface area contributed by atoms with Crippen molar-refractivity contribution in [2.45, 2.75) is 19.4 Å². The molecule has 0 amide bonds. The smallest absolute Gasteiger partial charge is 0.143 e. The quantitative estimate of drug-likeness (QED) is 0.311. The van der Waals surface area contributed by atoms with E-state index in [0.29, 0.717) is 6.42 Å². The maximum atomic E-state index is 8.53. The van der Waals surface area contributed by atoms with E-state index in [2.05, 4.69) is 15.2 Å². The number of hydrogen-bond donors (Lipinski definition) is 2. The van der Waals surface area contributed by atoms with Crippen LogP contribution in [0.2, 0.25) is 0 Å². The van der Waals surface area contributed by atoms with Crippen LogP contribution in [0.5, 0.6) is 0 Å². The van der Waals surface area contributed by atoms with Gasteiger partial charge in [-0.05, 0) is 6.42 Å². The Kier molecular flexibility index (Phi) is 2.49. The molecule has 1 aromatic rings. The van der Waals surface area contributed by atoms with Gasteiger partial charge in [-0.1, -0.05) is 5.16 Å². The van der Waals surface area contributed by atoms with Crippen molar-refractivity contribution in [2.75, 3.05) is 18.5 Å². The Morgan fingerprint density at radius 3 is 3.20 bits per heavy atom. The molecule has 0 unspecified atom stereocenters. The maximum absolute atomic E-state index is 8.53. The second-order valence-corrected chi connectivity index (χ2v) is 3.76. The number of hydrogen-bond acceptors (Lipinski definition) is 4. The van der Waals surface area contributed by atoms with Gasteiger partial charge < -0.3 is 15.8 Å². The number of amidine groups is 1. The van der Waals surface area contributed by atoms with Gasteiger partial charge in [0.2, 0.25) is 0 Å². The van der Waals surface area contributed by atoms with Crippen LogP contribution in [0.3, 0.4) is 0 Å². The summed E-state index contributed by atoms with van der Waals surface area (Å²) in [5.74, 6) is 1.29. The van der Waals surface area contributed by atoms with Crippen molar-refractivity contribution in [2.24, 2.45) is 10.9 Å². The van der Waals surface area contributed by atoms with E-state index in [1.54, 1.807) is 6.20 Å². The molecule has 3 N–H and O–H groups in total. The molecular formula is C9H15N5O. The van der Waals surface area contributed by atoms with Crippen molar-refractivity contribution in [3.8, 4) is 0 Å². The molecule has 1 aliphatic heterocycles. The number of oxime groups is 1. The number of anilines is 1. The summed E-state index contributed by atoms with van der Waals surface area (Å²) in [5.41, 5.74) is 6.49. The normalized spacial score (nSPS) is 16.6. The zero-order chi connectivity index (χ0) is 10.8. The third-order valence-electron chi connectivity index (χ3n) is 2.61. The predicted molar refractivity (Wildman–Crippen MR) is 57.2 cm³/mol. The van der Waals surface area contributed by atoms with E-state index in [1.165, 1.54) is 0 Å². The van der Waals surface area contributed by atoms with Gasteiger partial charge in [-0.25, -0.2) is 4.68 Å². The summed E-state index contributed by atoms with van der Waals surface area (Å²) in [6.45, 7) is 1.96. The molecule has 0 aromatic carbocycles. The maximum Gasteiger partial charge on any atom is 0.143 e. The molecule has 0 saturated carbocycles. The van der Waals surface area contributed by atoms with Gasteiger partial charge in [0, 0.05) is 32.1 Å². The zero-order valence-electron chi connectivity index (χ0n) is 8.72. The molecule has 0 bridgehead atoms. The number of rotatable bonds is 2. The minimum Gasteiger partial charge on any atom is -0.409 e. The fourth-order valence-electron chi connectivity index (χ4n) is 1.94. The molecule has 0 saturated heterocycles. The fraction of sp³-hybridized carbons (Fsp3) is 0.556. The van der Waals surface area contributed by atoms with Gasteiger partial charge in [0.15, 0.2) is 0 Å². The summed E-state index contributed by atoms with van der Waals surface area (Å²) in [7, 11) is 2.03. The molecule has 0 fully saturated rings. The van der Waals surface area contributed by atoms with E-state index in [0.717, 1.165) is 30.9 Å². The number of aryl methyl sites for hydroxylation is 1. The monoisotopic (exact) mass is 209 g/mol. The highest BCUT2D eigenvalue weighted by atomic mass is 16.4. The first-order chi connectivity index (χ1) is 7.22. The lowest BCUT2D eigenvalue weighted by molar-refractivity contribution is 0.317. The van der Waals surface area contributed by atoms with Crippen LogP contribution in [-0.2, 0) is 13.0 Å². The Balaban J connectivity index is 2.29. The third kappa shape index (κ3) is 1.74. The standard InChI is InChI=1S/C9H15N5O/c1-13-3-2-4-14-9(13)7(6-11-14)5-8(10)12-15/h6,15H,2-5H2,1H3,(H2,10,12). The molecule has 2 heterocycles. The van der Waals surface area contributed by atoms with E-state index < -0.39 is 0 Å². The Morgan fingerprint density at radius 1 is 1.67 bits per heavy atom. The zero-order valence-corrected chi connectivity index (χ0v) is 8.72. The van der Waals surface area contributed by atoms with Gasteiger partial charge in [-0.15, -0.1) is 0 Å². The highest BCUT2D eigenvalue weighted by Crippen LogP contribution is 2.23. The minimum atomic E-state index is 0.213. The van der Waals surface area contributed by atoms with E-state index in [1.807, 2.05) is 11.7 Å². The summed E-state index contributed by atoms with van der Waals surface area (Å²) in [6.07, 6.45) is 3.33. The fourth-order valence-corrected chi connectivity index (χ4v) is 1.94. The first-order valence-electron chi connectivity index (χ1n) is 4.94. The highest BCUT2D eigenvalue weighted by Gasteiger charge is 2.19. The lowest BCUT2D eigenvalue weighted by Gasteiger charge is -2.26. The Labute approximate surface area is 88.0 Å². The summed E-state index contributed by atoms with van der Waals surface area (Å²) >= 11 is 0. The van der Waals surface area contributed by atoms with Gasteiger partial charge in [-0.3, -0.25) is 0 Å². The van der Waals surface area contributed by atoms with E-state index in [9.17, 15) is 0 Å². The number of nitrogens with zero attached hydrogens (tertiary/aromatic N) is 4. The molecule has 6 nitrogen and oxygen atoms in total. The third-order valence-corrected chi connectivity index (χ3v) is 2.61. The van der Waals surface area contributed by atoms with Crippen LogP contribution in [0.25, 0.3) is 0 Å². The van der Waals surface area contributed by atoms with E-state index in [4.69, 9.17) is 10.9 Å². The lowest BCUT2D eigenvalue weighted by Crippen LogP contribution is -2.29. The summed E-state index contributed by atoms with van der Waals surface area (Å²) in [4.78, 5) is 2.15. The van der Waals surface area contributed by atoms with Crippen LogP contribution < -0.4 is 10.6 Å². The van der Waals surface area contributed by atoms with Gasteiger partial charge in [0.05, 0.1) is 6.20 Å². The second kappa shape index (κ2) is 3.80. The van der Waals surface area contributed by atoms with Crippen LogP contribution >= 0.6 is 0 Å². The number of aromatic nitrogens is 2. The average molecular weight is 209 g/mol. The predicted octanol–water partition coefficient (Wildman–Crippen LogP) is 0.0119. The van der Waals surface area contributed by atoms with Crippen molar-refractivity contribution in [3.05, 3.63) is 11.8 Å². The molecule has 6 heteroatoms. The highest BCUT2D eigenvalue weighted by molar-refractivity contribution is 5.83. The van der Waals surface area contributed by atoms with Gasteiger partial charge in [0.1, 0.15) is 11.7 Å². The van der Waals surface area contributed by atoms with E-state index >= 15 is 0 Å². The number of nitrogens with two attached hydrogens (primary N) is 1. The van der Waals surface area contributed by atoms with Gasteiger partial charge in [0.25, 0.3) is 0 Å². The van der Waals surface area contributed by atoms with E-state index in [-0.39, 0.29) is 5.84 Å². The Bertz CT molecular complexity index is 384. The molecule has 0 radical (unpaired) electrons. The largest absolute Gasteiger partial charge is 0.409 e. The van der Waals surface area contributed by atoms with Crippen molar-refractivity contribution in [1.29, 1.82) is 0 Å². The minimum absolute atomic E-state index is 0.213. The van der Waals surface area contributed by atoms with Crippen LogP contribution in [0.15, 0.2) is 11.4 Å². The summed E-state index contributed by atoms with van der Waals surface area (Å²) in [5, 5.41) is 15.8. The SMILES string of the molecule is CN1CCCn2ncc(C/C(N)=N/O)c21. The van der Waals surface area contributed by atoms with Gasteiger partial charge >= 0.3 is 0 Å². The van der Waals surface area contributed by atoms with Gasteiger partial charge in [-0.2, -0.15) is 5.10 Å². The van der Waals surface area contributed by atoms with Crippen molar-refractivity contribution < 1.29 is 5.21 Å². The molecule has 82 valence electrons. The molecule has 2 rings (SSSR count). The average Bonchev–Trinajstić information content (AvgIpc) is 2.63. The molecular weight excluding hydrogens is 194 g/mol. The summed E-state index contributed by atoms with van der Waals surface area (Å²) < 4.78 is 1.96. The van der Waals surface area contributed by atoms with Crippen molar-refractivity contribution in [3.63, 3.8) is 0 Å². The van der Waals surface area contributed by atoms with Crippen molar-refractivity contribution in [1.82, 2.24) is 9.78 Å². The Morgan fingerprint density at radius 2 is 2.47 bits per heavy atom. The Hall–Kier alpha value is -1.72. The molecule has 1 aliphatic rings. The van der Waals surface area contributed by atoms with Crippen LogP contribution in [0.4, 0.5) is 5.82 Å². The van der Waals surface area contributed by atoms with Crippen molar-refractivity contribution >= 4 is 11.7 Å².